The highest BCUT2D eigenvalue weighted by Crippen LogP contribution is 2.36. The summed E-state index contributed by atoms with van der Waals surface area (Å²) in [6.07, 6.45) is 6.69. The Hall–Kier alpha value is -3.67. The van der Waals surface area contributed by atoms with Crippen LogP contribution >= 0.6 is 11.3 Å². The van der Waals surface area contributed by atoms with Crippen LogP contribution in [0.25, 0.3) is 0 Å². The van der Waals surface area contributed by atoms with Crippen LogP contribution in [-0.4, -0.2) is 131 Å². The summed E-state index contributed by atoms with van der Waals surface area (Å²) >= 11 is 1.40. The fraction of sp³-hybridized carbons (Fsp3) is 0.690. The Bertz CT molecular complexity index is 1540. The molecule has 324 valence electrons. The molecule has 0 spiro atoms. The molecule has 2 heterocycles. The van der Waals surface area contributed by atoms with Gasteiger partial charge in [-0.05, 0) is 64.5 Å². The lowest BCUT2D eigenvalue weighted by molar-refractivity contribution is -0.139. The largest absolute Gasteiger partial charge is 0.491 e. The molecule has 0 unspecified atom stereocenters. The predicted octanol–water partition coefficient (Wildman–Crippen LogP) is 5.50. The van der Waals surface area contributed by atoms with E-state index >= 15 is 0 Å². The number of carbonyl (C=O) groups excluding carboxylic acids is 4. The van der Waals surface area contributed by atoms with Crippen molar-refractivity contribution in [2.24, 2.45) is 5.92 Å². The molecule has 2 aliphatic rings. The maximum atomic E-state index is 14.0. The summed E-state index contributed by atoms with van der Waals surface area (Å²) in [5.74, 6) is 0.347. The third-order valence-electron chi connectivity index (χ3n) is 9.60. The van der Waals surface area contributed by atoms with E-state index in [1.54, 1.807) is 36.6 Å². The Labute approximate surface area is 347 Å². The number of rotatable bonds is 26. The van der Waals surface area contributed by atoms with Gasteiger partial charge < -0.3 is 48.7 Å². The maximum Gasteiger partial charge on any atom is 0.407 e. The number of likely N-dealkylation sites (tertiary alicyclic amines) is 1. The van der Waals surface area contributed by atoms with Crippen LogP contribution in [0.5, 0.6) is 5.75 Å². The molecule has 1 aliphatic carbocycles. The van der Waals surface area contributed by atoms with Crippen LogP contribution in [0.1, 0.15) is 106 Å². The Balaban J connectivity index is 1.05. The highest BCUT2D eigenvalue weighted by Gasteiger charge is 2.39. The second-order valence-corrected chi connectivity index (χ2v) is 16.1. The number of ether oxygens (including phenoxy) is 7. The molecule has 1 saturated carbocycles. The third-order valence-corrected chi connectivity index (χ3v) is 10.5. The number of ketones is 1. The van der Waals surface area contributed by atoms with E-state index in [0.29, 0.717) is 109 Å². The zero-order chi connectivity index (χ0) is 41.6. The first-order valence-electron chi connectivity index (χ1n) is 20.7. The fourth-order valence-electron chi connectivity index (χ4n) is 6.75. The fourth-order valence-corrected chi connectivity index (χ4v) is 7.70. The second kappa shape index (κ2) is 25.7. The average Bonchev–Trinajstić information content (AvgIpc) is 3.91. The minimum Gasteiger partial charge on any atom is -0.491 e. The smallest absolute Gasteiger partial charge is 0.407 e. The molecule has 1 saturated heterocycles. The Morgan fingerprint density at radius 1 is 0.828 bits per heavy atom. The summed E-state index contributed by atoms with van der Waals surface area (Å²) < 4.78 is 38.5. The van der Waals surface area contributed by atoms with E-state index in [-0.39, 0.29) is 29.6 Å². The first kappa shape index (κ1) is 47.0. The quantitative estimate of drug-likeness (QED) is 0.0903. The zero-order valence-corrected chi connectivity index (χ0v) is 35.6. The molecule has 58 heavy (non-hydrogen) atoms. The number of nitrogens with zero attached hydrogens (tertiary/aromatic N) is 2. The second-order valence-electron chi connectivity index (χ2n) is 15.3. The number of hydrogen-bond acceptors (Lipinski definition) is 13. The van der Waals surface area contributed by atoms with Crippen LogP contribution in [0, 0.1) is 5.92 Å². The average molecular weight is 833 g/mol. The van der Waals surface area contributed by atoms with Crippen molar-refractivity contribution in [3.05, 3.63) is 45.9 Å². The van der Waals surface area contributed by atoms with E-state index in [0.717, 1.165) is 43.5 Å². The first-order chi connectivity index (χ1) is 28.1. The van der Waals surface area contributed by atoms with E-state index in [1.165, 1.54) is 17.8 Å². The van der Waals surface area contributed by atoms with Gasteiger partial charge in [-0.2, -0.15) is 0 Å². The summed E-state index contributed by atoms with van der Waals surface area (Å²) in [5, 5.41) is 8.18. The highest BCUT2D eigenvalue weighted by molar-refractivity contribution is 7.10. The van der Waals surface area contributed by atoms with Crippen molar-refractivity contribution < 1.29 is 52.3 Å². The van der Waals surface area contributed by atoms with E-state index < -0.39 is 17.7 Å². The normalized spacial score (nSPS) is 16.6. The number of amides is 3. The van der Waals surface area contributed by atoms with Crippen molar-refractivity contribution in [3.8, 4) is 5.75 Å². The van der Waals surface area contributed by atoms with Crippen molar-refractivity contribution in [2.45, 2.75) is 96.7 Å². The molecule has 0 bridgehead atoms. The Morgan fingerprint density at radius 2 is 1.45 bits per heavy atom. The Morgan fingerprint density at radius 3 is 2.07 bits per heavy atom. The van der Waals surface area contributed by atoms with Gasteiger partial charge in [0.2, 0.25) is 17.6 Å². The molecule has 2 fully saturated rings. The first-order valence-corrected chi connectivity index (χ1v) is 21.6. The van der Waals surface area contributed by atoms with Crippen molar-refractivity contribution >= 4 is 35.0 Å². The molecule has 1 aromatic carbocycles. The topological polar surface area (TPSA) is 173 Å². The van der Waals surface area contributed by atoms with Crippen LogP contribution < -0.4 is 15.4 Å². The van der Waals surface area contributed by atoms with Crippen LogP contribution in [0.3, 0.4) is 0 Å². The zero-order valence-electron chi connectivity index (χ0n) is 34.8. The summed E-state index contributed by atoms with van der Waals surface area (Å²) in [4.78, 5) is 58.0. The minimum absolute atomic E-state index is 0.0342. The Kier molecular flexibility index (Phi) is 20.9. The van der Waals surface area contributed by atoms with Crippen LogP contribution in [0.15, 0.2) is 29.6 Å². The summed E-state index contributed by atoms with van der Waals surface area (Å²) in [5.41, 5.74) is 0.276. The van der Waals surface area contributed by atoms with Crippen molar-refractivity contribution in [1.29, 1.82) is 0 Å². The van der Waals surface area contributed by atoms with E-state index in [2.05, 4.69) is 10.6 Å². The number of nitrogens with one attached hydrogen (secondary N) is 2. The molecule has 0 radical (unpaired) electrons. The third kappa shape index (κ3) is 16.9. The molecule has 1 aliphatic heterocycles. The number of benzene rings is 1. The maximum absolute atomic E-state index is 14.0. The number of hydrogen-bond donors (Lipinski definition) is 2. The van der Waals surface area contributed by atoms with Gasteiger partial charge in [0.1, 0.15) is 34.7 Å². The summed E-state index contributed by atoms with van der Waals surface area (Å²) in [6.45, 7) is 12.7. The van der Waals surface area contributed by atoms with Crippen LogP contribution in [0.4, 0.5) is 4.79 Å². The van der Waals surface area contributed by atoms with Gasteiger partial charge in [0, 0.05) is 30.5 Å². The number of carbonyl (C=O) groups is 4. The standard InChI is InChI=1S/C42H64N4O11S/c1-5-36(47)45-37(31-11-7-6-8-12-31)40(49)46-17-10-15-35(46)39-44-34(30-58-39)38(48)32-13-9-14-33(29-32)56-28-27-55-26-25-54-24-23-53-22-21-52-20-19-51-18-16-43-41(50)57-42(2,3)4/h9,13-14,29-31,35,37H,5-8,10-12,15-28H2,1-4H3,(H,43,50)(H,45,47)/t35-,37-/m0/s1. The van der Waals surface area contributed by atoms with Gasteiger partial charge in [-0.1, -0.05) is 38.3 Å². The molecular weight excluding hydrogens is 769 g/mol. The molecule has 16 heteroatoms. The van der Waals surface area contributed by atoms with Crippen LogP contribution in [0.2, 0.25) is 0 Å². The van der Waals surface area contributed by atoms with E-state index in [9.17, 15) is 19.2 Å². The molecule has 1 aromatic heterocycles. The SMILES string of the molecule is CCC(=O)N[C@H](C(=O)N1CCC[C@H]1c1nc(C(=O)c2cccc(OCCOCCOCCOCCOCCOCCNC(=O)OC(C)(C)C)c2)cs1)C1CCCCC1. The van der Waals surface area contributed by atoms with E-state index in [4.69, 9.17) is 38.1 Å². The number of thiazole rings is 1. The van der Waals surface area contributed by atoms with E-state index in [1.807, 2.05) is 25.7 Å². The van der Waals surface area contributed by atoms with Gasteiger partial charge in [-0.3, -0.25) is 14.4 Å². The predicted molar refractivity (Wildman–Crippen MR) is 218 cm³/mol. The van der Waals surface area contributed by atoms with Gasteiger partial charge in [-0.15, -0.1) is 11.3 Å². The molecule has 2 N–H and O–H groups in total. The van der Waals surface area contributed by atoms with Gasteiger partial charge in [-0.25, -0.2) is 9.78 Å². The lowest BCUT2D eigenvalue weighted by atomic mass is 9.83. The molecule has 15 nitrogen and oxygen atoms in total. The molecular formula is C42H64N4O11S. The summed E-state index contributed by atoms with van der Waals surface area (Å²) in [6, 6.07) is 6.28. The molecule has 4 rings (SSSR count). The molecule has 2 atom stereocenters. The monoisotopic (exact) mass is 832 g/mol. The van der Waals surface area contributed by atoms with Crippen molar-refractivity contribution in [1.82, 2.24) is 20.5 Å². The number of alkyl carbamates (subject to hydrolysis) is 1. The van der Waals surface area contributed by atoms with Crippen LogP contribution in [-0.2, 0) is 38.0 Å². The lowest BCUT2D eigenvalue weighted by Gasteiger charge is -2.34. The number of aromatic nitrogens is 1. The lowest BCUT2D eigenvalue weighted by Crippen LogP contribution is -2.52. The van der Waals surface area contributed by atoms with Gasteiger partial charge >= 0.3 is 6.09 Å². The minimum atomic E-state index is -0.528. The van der Waals surface area contributed by atoms with Gasteiger partial charge in [0.15, 0.2) is 0 Å². The van der Waals surface area contributed by atoms with Crippen molar-refractivity contribution in [2.75, 3.05) is 85.8 Å². The summed E-state index contributed by atoms with van der Waals surface area (Å²) in [7, 11) is 0. The molecule has 2 aromatic rings. The van der Waals surface area contributed by atoms with Crippen molar-refractivity contribution in [3.63, 3.8) is 0 Å². The highest BCUT2D eigenvalue weighted by atomic mass is 32.1. The van der Waals surface area contributed by atoms with Gasteiger partial charge in [0.25, 0.3) is 0 Å². The molecule has 3 amide bonds. The van der Waals surface area contributed by atoms with Gasteiger partial charge in [0.05, 0.1) is 72.1 Å².